The van der Waals surface area contributed by atoms with Gasteiger partial charge in [0.05, 0.1) is 16.8 Å². The van der Waals surface area contributed by atoms with Crippen LogP contribution in [0.2, 0.25) is 10.0 Å². The smallest absolute Gasteiger partial charge is 0.273 e. The van der Waals surface area contributed by atoms with Crippen molar-refractivity contribution in [3.8, 4) is 11.5 Å². The number of rotatable bonds is 3. The Morgan fingerprint density at radius 1 is 1.23 bits per heavy atom. The summed E-state index contributed by atoms with van der Waals surface area (Å²) in [6, 6.07) is 7.76. The summed E-state index contributed by atoms with van der Waals surface area (Å²) in [5.41, 5.74) is 8.65. The Labute approximate surface area is 135 Å². The molecule has 6 nitrogen and oxygen atoms in total. The molecule has 0 saturated heterocycles. The molecule has 5 N–H and O–H groups in total. The van der Waals surface area contributed by atoms with E-state index in [4.69, 9.17) is 28.9 Å². The number of amides is 1. The molecule has 0 heterocycles. The largest absolute Gasteiger partial charge is 0.506 e. The van der Waals surface area contributed by atoms with Gasteiger partial charge in [-0.1, -0.05) is 35.3 Å². The Balaban J connectivity index is 2.17. The normalized spacial score (nSPS) is 10.8. The van der Waals surface area contributed by atoms with Crippen LogP contribution in [0.4, 0.5) is 5.69 Å². The van der Waals surface area contributed by atoms with Crippen LogP contribution in [0.3, 0.4) is 0 Å². The highest BCUT2D eigenvalue weighted by molar-refractivity contribution is 6.38. The number of hydrogen-bond donors (Lipinski definition) is 4. The highest BCUT2D eigenvalue weighted by Gasteiger charge is 2.13. The van der Waals surface area contributed by atoms with Gasteiger partial charge in [-0.3, -0.25) is 4.79 Å². The van der Waals surface area contributed by atoms with Crippen LogP contribution in [0.15, 0.2) is 35.4 Å². The van der Waals surface area contributed by atoms with Crippen LogP contribution in [-0.4, -0.2) is 22.3 Å². The third kappa shape index (κ3) is 3.24. The van der Waals surface area contributed by atoms with Crippen LogP contribution < -0.4 is 11.2 Å². The average Bonchev–Trinajstić information content (AvgIpc) is 2.50. The molecule has 22 heavy (non-hydrogen) atoms. The van der Waals surface area contributed by atoms with Crippen LogP contribution in [-0.2, 0) is 0 Å². The fourth-order valence-electron chi connectivity index (χ4n) is 1.64. The molecule has 0 spiro atoms. The van der Waals surface area contributed by atoms with E-state index in [2.05, 4.69) is 10.5 Å². The van der Waals surface area contributed by atoms with Crippen molar-refractivity contribution >= 4 is 41.0 Å². The minimum Gasteiger partial charge on any atom is -0.506 e. The molecule has 0 aliphatic heterocycles. The Kier molecular flexibility index (Phi) is 4.75. The number of phenolic OH excluding ortho intramolecular Hbond substituents is 2. The number of hydrazone groups is 1. The fourth-order valence-corrected chi connectivity index (χ4v) is 2.11. The third-order valence-corrected chi connectivity index (χ3v) is 3.42. The first-order valence-electron chi connectivity index (χ1n) is 5.99. The Bertz CT molecular complexity index is 763. The number of halogens is 2. The summed E-state index contributed by atoms with van der Waals surface area (Å²) in [6.45, 7) is 0. The van der Waals surface area contributed by atoms with Gasteiger partial charge in [0.1, 0.15) is 10.8 Å². The third-order valence-electron chi connectivity index (χ3n) is 2.77. The molecule has 114 valence electrons. The summed E-state index contributed by atoms with van der Waals surface area (Å²) in [5.74, 6) is -1.34. The van der Waals surface area contributed by atoms with E-state index in [0.717, 1.165) is 6.21 Å². The number of phenols is 2. The van der Waals surface area contributed by atoms with E-state index in [1.165, 1.54) is 6.07 Å². The highest BCUT2D eigenvalue weighted by Crippen LogP contribution is 2.40. The molecule has 0 saturated carbocycles. The van der Waals surface area contributed by atoms with Crippen LogP contribution in [0.1, 0.15) is 15.9 Å². The van der Waals surface area contributed by atoms with Gasteiger partial charge in [-0.15, -0.1) is 0 Å². The molecule has 8 heteroatoms. The molecule has 2 aromatic rings. The number of hydrogen-bond acceptors (Lipinski definition) is 5. The first-order valence-corrected chi connectivity index (χ1v) is 6.75. The van der Waals surface area contributed by atoms with Crippen molar-refractivity contribution in [3.63, 3.8) is 0 Å². The van der Waals surface area contributed by atoms with Crippen LogP contribution in [0, 0.1) is 0 Å². The average molecular weight is 340 g/mol. The van der Waals surface area contributed by atoms with E-state index in [9.17, 15) is 15.0 Å². The van der Waals surface area contributed by atoms with Gasteiger partial charge in [0.2, 0.25) is 0 Å². The van der Waals surface area contributed by atoms with Crippen LogP contribution in [0.25, 0.3) is 0 Å². The van der Waals surface area contributed by atoms with Crippen molar-refractivity contribution in [2.75, 3.05) is 5.73 Å². The maximum absolute atomic E-state index is 11.9. The second-order valence-corrected chi connectivity index (χ2v) is 5.03. The van der Waals surface area contributed by atoms with Gasteiger partial charge < -0.3 is 15.9 Å². The van der Waals surface area contributed by atoms with Crippen molar-refractivity contribution in [3.05, 3.63) is 51.5 Å². The zero-order chi connectivity index (χ0) is 16.3. The molecule has 0 radical (unpaired) electrons. The summed E-state index contributed by atoms with van der Waals surface area (Å²) in [4.78, 5) is 11.9. The van der Waals surface area contributed by atoms with Gasteiger partial charge >= 0.3 is 0 Å². The van der Waals surface area contributed by atoms with Gasteiger partial charge in [0, 0.05) is 11.3 Å². The summed E-state index contributed by atoms with van der Waals surface area (Å²) in [5, 5.41) is 22.5. The number of carbonyl (C=O) groups excluding carboxylic acids is 1. The van der Waals surface area contributed by atoms with E-state index >= 15 is 0 Å². The number of benzene rings is 2. The molecule has 0 atom stereocenters. The number of anilines is 1. The number of aromatic hydroxyl groups is 2. The highest BCUT2D eigenvalue weighted by atomic mass is 35.5. The SMILES string of the molecule is Nc1ccccc1C(=O)N/N=C\c1cc(Cl)c(O)c(Cl)c1O. The van der Waals surface area contributed by atoms with Crippen molar-refractivity contribution in [1.29, 1.82) is 0 Å². The predicted molar refractivity (Wildman–Crippen MR) is 85.7 cm³/mol. The second-order valence-electron chi connectivity index (χ2n) is 4.25. The molecule has 0 bridgehead atoms. The molecular formula is C14H11Cl2N3O3. The molecule has 0 aromatic heterocycles. The summed E-state index contributed by atoms with van der Waals surface area (Å²) >= 11 is 11.4. The zero-order valence-electron chi connectivity index (χ0n) is 11.0. The van der Waals surface area contributed by atoms with Crippen molar-refractivity contribution in [2.24, 2.45) is 5.10 Å². The number of nitrogens with zero attached hydrogens (tertiary/aromatic N) is 1. The van der Waals surface area contributed by atoms with Crippen molar-refractivity contribution in [2.45, 2.75) is 0 Å². The lowest BCUT2D eigenvalue weighted by Crippen LogP contribution is -2.19. The molecule has 0 aliphatic carbocycles. The maximum Gasteiger partial charge on any atom is 0.273 e. The number of nitrogens with one attached hydrogen (secondary N) is 1. The molecule has 0 fully saturated rings. The number of nitrogens with two attached hydrogens (primary N) is 1. The lowest BCUT2D eigenvalue weighted by atomic mass is 10.2. The number of carbonyl (C=O) groups is 1. The maximum atomic E-state index is 11.9. The van der Waals surface area contributed by atoms with Crippen LogP contribution >= 0.6 is 23.2 Å². The first kappa shape index (κ1) is 15.9. The molecule has 0 aliphatic rings. The molecule has 2 rings (SSSR count). The lowest BCUT2D eigenvalue weighted by molar-refractivity contribution is 0.0956. The van der Waals surface area contributed by atoms with E-state index in [0.29, 0.717) is 5.69 Å². The minimum atomic E-state index is -0.509. The van der Waals surface area contributed by atoms with Crippen molar-refractivity contribution < 1.29 is 15.0 Å². The quantitative estimate of drug-likeness (QED) is 0.391. The summed E-state index contributed by atoms with van der Waals surface area (Å²) in [6.07, 6.45) is 1.14. The summed E-state index contributed by atoms with van der Waals surface area (Å²) < 4.78 is 0. The van der Waals surface area contributed by atoms with Gasteiger partial charge in [-0.2, -0.15) is 5.10 Å². The number of nitrogen functional groups attached to an aromatic ring is 1. The zero-order valence-corrected chi connectivity index (χ0v) is 12.6. The van der Waals surface area contributed by atoms with E-state index in [1.807, 2.05) is 0 Å². The van der Waals surface area contributed by atoms with Gasteiger partial charge in [-0.25, -0.2) is 5.43 Å². The standard InChI is InChI=1S/C14H11Cl2N3O3/c15-9-5-7(12(20)11(16)13(9)21)6-18-19-14(22)8-3-1-2-4-10(8)17/h1-6,20-21H,17H2,(H,19,22)/b18-6-. The Morgan fingerprint density at radius 2 is 1.91 bits per heavy atom. The van der Waals surface area contributed by atoms with Gasteiger partial charge in [0.15, 0.2) is 5.75 Å². The monoisotopic (exact) mass is 339 g/mol. The van der Waals surface area contributed by atoms with Gasteiger partial charge in [-0.05, 0) is 18.2 Å². The molecular weight excluding hydrogens is 329 g/mol. The van der Waals surface area contributed by atoms with E-state index in [1.54, 1.807) is 24.3 Å². The molecule has 1 amide bonds. The Morgan fingerprint density at radius 3 is 2.59 bits per heavy atom. The second kappa shape index (κ2) is 6.55. The topological polar surface area (TPSA) is 108 Å². The number of para-hydroxylation sites is 1. The van der Waals surface area contributed by atoms with Crippen LogP contribution in [0.5, 0.6) is 11.5 Å². The molecule has 2 aromatic carbocycles. The predicted octanol–water partition coefficient (Wildman–Crippen LogP) is 2.75. The molecule has 0 unspecified atom stereocenters. The summed E-state index contributed by atoms with van der Waals surface area (Å²) in [7, 11) is 0. The lowest BCUT2D eigenvalue weighted by Gasteiger charge is -2.06. The first-order chi connectivity index (χ1) is 10.4. The Hall–Kier alpha value is -2.44. The van der Waals surface area contributed by atoms with Gasteiger partial charge in [0.25, 0.3) is 5.91 Å². The fraction of sp³-hybridized carbons (Fsp3) is 0. The van der Waals surface area contributed by atoms with Crippen molar-refractivity contribution in [1.82, 2.24) is 5.43 Å². The van der Waals surface area contributed by atoms with E-state index < -0.39 is 17.4 Å². The van der Waals surface area contributed by atoms with E-state index in [-0.39, 0.29) is 21.2 Å². The minimum absolute atomic E-state index is 0.0529.